The molecule has 0 spiro atoms. The number of Topliss-reactive ketones (excluding diaryl/α,β-unsaturated/α-hetero) is 1. The summed E-state index contributed by atoms with van der Waals surface area (Å²) in [6.45, 7) is 0.133. The lowest BCUT2D eigenvalue weighted by molar-refractivity contribution is -0.140. The number of thiophene rings is 1. The Bertz CT molecular complexity index is 1360. The zero-order valence-corrected chi connectivity index (χ0v) is 22.7. The number of methoxy groups -OCH3 is 4. The Balaban J connectivity index is 2.01. The molecule has 3 aromatic rings. The van der Waals surface area contributed by atoms with E-state index in [1.807, 2.05) is 17.5 Å². The number of hydrogen-bond acceptors (Lipinski definition) is 8. The van der Waals surface area contributed by atoms with Crippen LogP contribution in [0.15, 0.2) is 47.4 Å². The topological polar surface area (TPSA) is 94.5 Å². The SMILES string of the molecule is COc1cc(C2/C(=C(\O)c3cc(Cl)cc(Cl)c3OC)C(=O)C(=O)N2Cc2cccs2)cc(OC)c1OC. The van der Waals surface area contributed by atoms with Gasteiger partial charge in [-0.15, -0.1) is 11.3 Å². The van der Waals surface area contributed by atoms with Gasteiger partial charge in [-0.3, -0.25) is 9.59 Å². The highest BCUT2D eigenvalue weighted by atomic mass is 35.5. The van der Waals surface area contributed by atoms with E-state index in [1.54, 1.807) is 12.1 Å². The van der Waals surface area contributed by atoms with Crippen LogP contribution in [0.25, 0.3) is 5.76 Å². The van der Waals surface area contributed by atoms with Crippen molar-refractivity contribution in [1.82, 2.24) is 4.90 Å². The molecule has 1 aliphatic rings. The number of benzene rings is 2. The molecular weight excluding hydrogens is 541 g/mol. The minimum absolute atomic E-state index is 0.0755. The summed E-state index contributed by atoms with van der Waals surface area (Å²) in [6.07, 6.45) is 0. The van der Waals surface area contributed by atoms with Gasteiger partial charge in [-0.1, -0.05) is 29.3 Å². The van der Waals surface area contributed by atoms with E-state index in [1.165, 1.54) is 56.8 Å². The predicted molar refractivity (Wildman–Crippen MR) is 141 cm³/mol. The largest absolute Gasteiger partial charge is 0.507 e. The Morgan fingerprint density at radius 2 is 1.62 bits per heavy atom. The van der Waals surface area contributed by atoms with E-state index in [0.717, 1.165) is 4.88 Å². The van der Waals surface area contributed by atoms with Crippen LogP contribution < -0.4 is 18.9 Å². The van der Waals surface area contributed by atoms with Crippen molar-refractivity contribution >= 4 is 52.0 Å². The molecule has 2 aromatic carbocycles. The number of ether oxygens (including phenoxy) is 4. The van der Waals surface area contributed by atoms with Crippen LogP contribution in [0.3, 0.4) is 0 Å². The average Bonchev–Trinajstić information content (AvgIpc) is 3.49. The number of hydrogen-bond donors (Lipinski definition) is 1. The van der Waals surface area contributed by atoms with Gasteiger partial charge in [-0.05, 0) is 41.3 Å². The number of aliphatic hydroxyl groups is 1. The fraction of sp³-hybridized carbons (Fsp3) is 0.231. The molecule has 37 heavy (non-hydrogen) atoms. The third kappa shape index (κ3) is 4.82. The third-order valence-corrected chi connectivity index (χ3v) is 7.28. The second-order valence-corrected chi connectivity index (χ2v) is 9.81. The van der Waals surface area contributed by atoms with Crippen molar-refractivity contribution < 1.29 is 33.6 Å². The van der Waals surface area contributed by atoms with Gasteiger partial charge in [0.05, 0.1) is 57.2 Å². The Labute approximate surface area is 227 Å². The monoisotopic (exact) mass is 563 g/mol. The Morgan fingerprint density at radius 3 is 2.16 bits per heavy atom. The van der Waals surface area contributed by atoms with Crippen LogP contribution in [-0.2, 0) is 16.1 Å². The van der Waals surface area contributed by atoms with Crippen LogP contribution in [0.1, 0.15) is 22.0 Å². The summed E-state index contributed by atoms with van der Waals surface area (Å²) in [5.41, 5.74) is 0.373. The van der Waals surface area contributed by atoms with E-state index >= 15 is 0 Å². The minimum atomic E-state index is -1.00. The molecular formula is C26H23Cl2NO7S. The lowest BCUT2D eigenvalue weighted by Gasteiger charge is -2.26. The molecule has 1 aliphatic heterocycles. The highest BCUT2D eigenvalue weighted by Crippen LogP contribution is 2.47. The molecule has 1 N–H and O–H groups in total. The van der Waals surface area contributed by atoms with Gasteiger partial charge in [-0.2, -0.15) is 0 Å². The first-order valence-corrected chi connectivity index (χ1v) is 12.5. The Morgan fingerprint density at radius 1 is 0.973 bits per heavy atom. The zero-order valence-electron chi connectivity index (χ0n) is 20.3. The first kappa shape index (κ1) is 26.7. The average molecular weight is 564 g/mol. The number of carbonyl (C=O) groups is 2. The van der Waals surface area contributed by atoms with Gasteiger partial charge in [0, 0.05) is 9.90 Å². The molecule has 4 rings (SSSR count). The maximum Gasteiger partial charge on any atom is 0.295 e. The number of amides is 1. The zero-order chi connectivity index (χ0) is 26.9. The van der Waals surface area contributed by atoms with Gasteiger partial charge in [0.25, 0.3) is 11.7 Å². The maximum atomic E-state index is 13.4. The molecule has 0 aliphatic carbocycles. The summed E-state index contributed by atoms with van der Waals surface area (Å²) in [7, 11) is 5.76. The first-order chi connectivity index (χ1) is 17.7. The van der Waals surface area contributed by atoms with Crippen molar-refractivity contribution in [3.05, 3.63) is 73.4 Å². The summed E-state index contributed by atoms with van der Waals surface area (Å²) < 4.78 is 21.8. The van der Waals surface area contributed by atoms with Crippen LogP contribution in [0.2, 0.25) is 10.0 Å². The summed E-state index contributed by atoms with van der Waals surface area (Å²) in [6, 6.07) is 8.84. The standard InChI is InChI=1S/C26H23Cl2NO7S/c1-33-18-8-13(9-19(34-2)25(18)36-4)21-20(22(30)16-10-14(27)11-17(28)24(16)35-3)23(31)26(32)29(21)12-15-6-5-7-37-15/h5-11,21,30H,12H2,1-4H3/b22-20+. The number of rotatable bonds is 8. The number of halogens is 2. The van der Waals surface area contributed by atoms with Gasteiger partial charge in [0.15, 0.2) is 11.5 Å². The van der Waals surface area contributed by atoms with Gasteiger partial charge < -0.3 is 29.0 Å². The molecule has 1 saturated heterocycles. The quantitative estimate of drug-likeness (QED) is 0.213. The van der Waals surface area contributed by atoms with E-state index in [-0.39, 0.29) is 33.5 Å². The molecule has 8 nitrogen and oxygen atoms in total. The molecule has 194 valence electrons. The normalized spacial score (nSPS) is 16.7. The molecule has 1 fully saturated rings. The maximum absolute atomic E-state index is 13.4. The number of carbonyl (C=O) groups excluding carboxylic acids is 2. The second kappa shape index (κ2) is 10.9. The number of ketones is 1. The van der Waals surface area contributed by atoms with Crippen molar-refractivity contribution in [1.29, 1.82) is 0 Å². The van der Waals surface area contributed by atoms with Crippen LogP contribution in [0, 0.1) is 0 Å². The van der Waals surface area contributed by atoms with E-state index in [4.69, 9.17) is 42.1 Å². The van der Waals surface area contributed by atoms with Crippen LogP contribution in [0.4, 0.5) is 0 Å². The lowest BCUT2D eigenvalue weighted by Crippen LogP contribution is -2.29. The molecule has 1 unspecified atom stereocenters. The van der Waals surface area contributed by atoms with Crippen molar-refractivity contribution in [2.45, 2.75) is 12.6 Å². The first-order valence-electron chi connectivity index (χ1n) is 10.9. The van der Waals surface area contributed by atoms with Gasteiger partial charge in [0.1, 0.15) is 11.5 Å². The Kier molecular flexibility index (Phi) is 7.87. The highest BCUT2D eigenvalue weighted by Gasteiger charge is 2.47. The summed E-state index contributed by atoms with van der Waals surface area (Å²) in [5, 5.41) is 13.7. The van der Waals surface area contributed by atoms with Gasteiger partial charge in [0.2, 0.25) is 5.75 Å². The summed E-state index contributed by atoms with van der Waals surface area (Å²) in [5.74, 6) is -1.04. The molecule has 1 amide bonds. The fourth-order valence-corrected chi connectivity index (χ4v) is 5.58. The van der Waals surface area contributed by atoms with Crippen molar-refractivity contribution in [3.8, 4) is 23.0 Å². The molecule has 11 heteroatoms. The highest BCUT2D eigenvalue weighted by molar-refractivity contribution is 7.09. The summed E-state index contributed by atoms with van der Waals surface area (Å²) >= 11 is 13.9. The summed E-state index contributed by atoms with van der Waals surface area (Å²) in [4.78, 5) is 29.0. The molecule has 0 bridgehead atoms. The predicted octanol–water partition coefficient (Wildman–Crippen LogP) is 5.71. The van der Waals surface area contributed by atoms with Crippen LogP contribution >= 0.6 is 34.5 Å². The number of nitrogens with zero attached hydrogens (tertiary/aromatic N) is 1. The molecule has 1 aromatic heterocycles. The number of likely N-dealkylation sites (tertiary alicyclic amines) is 1. The third-order valence-electron chi connectivity index (χ3n) is 5.92. The van der Waals surface area contributed by atoms with E-state index in [0.29, 0.717) is 22.8 Å². The lowest BCUT2D eigenvalue weighted by atomic mass is 9.94. The van der Waals surface area contributed by atoms with Crippen LogP contribution in [-0.4, -0.2) is 50.1 Å². The van der Waals surface area contributed by atoms with Crippen molar-refractivity contribution in [3.63, 3.8) is 0 Å². The van der Waals surface area contributed by atoms with Gasteiger partial charge in [-0.25, -0.2) is 0 Å². The second-order valence-electron chi connectivity index (χ2n) is 7.93. The van der Waals surface area contributed by atoms with Crippen molar-refractivity contribution in [2.24, 2.45) is 0 Å². The smallest absolute Gasteiger partial charge is 0.295 e. The van der Waals surface area contributed by atoms with E-state index in [9.17, 15) is 14.7 Å². The number of aliphatic hydroxyl groups excluding tert-OH is 1. The van der Waals surface area contributed by atoms with Crippen LogP contribution in [0.5, 0.6) is 23.0 Å². The molecule has 0 radical (unpaired) electrons. The van der Waals surface area contributed by atoms with Gasteiger partial charge >= 0.3 is 0 Å². The van der Waals surface area contributed by atoms with E-state index < -0.39 is 23.5 Å². The minimum Gasteiger partial charge on any atom is -0.507 e. The van der Waals surface area contributed by atoms with Crippen molar-refractivity contribution in [2.75, 3.05) is 28.4 Å². The Hall–Kier alpha value is -3.40. The molecule has 2 heterocycles. The van der Waals surface area contributed by atoms with E-state index in [2.05, 4.69) is 0 Å². The fourth-order valence-electron chi connectivity index (χ4n) is 4.31. The molecule has 1 atom stereocenters. The molecule has 0 saturated carbocycles.